The Labute approximate surface area is 151 Å². The average molecular weight is 442 g/mol. The number of benzene rings is 2. The molecule has 0 aliphatic carbocycles. The summed E-state index contributed by atoms with van der Waals surface area (Å²) in [5.41, 5.74) is 2.38. The van der Waals surface area contributed by atoms with Gasteiger partial charge in [-0.2, -0.15) is 4.31 Å². The summed E-state index contributed by atoms with van der Waals surface area (Å²) in [6.07, 6.45) is 0. The van der Waals surface area contributed by atoms with Crippen LogP contribution in [0.2, 0.25) is 0 Å². The number of halogens is 1. The van der Waals surface area contributed by atoms with Gasteiger partial charge in [0, 0.05) is 35.4 Å². The Bertz CT molecular complexity index is 782. The molecule has 0 radical (unpaired) electrons. The molecule has 2 aromatic rings. The Morgan fingerprint density at radius 1 is 0.957 bits per heavy atom. The van der Waals surface area contributed by atoms with Gasteiger partial charge < -0.3 is 4.90 Å². The van der Waals surface area contributed by atoms with Crippen LogP contribution in [0.4, 0.5) is 5.69 Å². The zero-order chi connectivity index (χ0) is 16.4. The van der Waals surface area contributed by atoms with E-state index >= 15 is 0 Å². The van der Waals surface area contributed by atoms with Crippen LogP contribution < -0.4 is 4.90 Å². The van der Waals surface area contributed by atoms with Gasteiger partial charge in [-0.3, -0.25) is 0 Å². The SMILES string of the molecule is Cc1cccc(N2CCN(S(=O)(=O)c3ccc(I)cc3)CC2)c1. The molecule has 6 heteroatoms. The van der Waals surface area contributed by atoms with Crippen molar-refractivity contribution in [3.63, 3.8) is 0 Å². The molecule has 1 saturated heterocycles. The molecule has 0 N–H and O–H groups in total. The van der Waals surface area contributed by atoms with Gasteiger partial charge in [-0.1, -0.05) is 12.1 Å². The summed E-state index contributed by atoms with van der Waals surface area (Å²) >= 11 is 2.18. The number of sulfonamides is 1. The molecule has 0 amide bonds. The van der Waals surface area contributed by atoms with E-state index in [1.165, 1.54) is 5.56 Å². The van der Waals surface area contributed by atoms with Gasteiger partial charge in [0.25, 0.3) is 0 Å². The fourth-order valence-corrected chi connectivity index (χ4v) is 4.55. The quantitative estimate of drug-likeness (QED) is 0.687. The summed E-state index contributed by atoms with van der Waals surface area (Å²) in [6, 6.07) is 15.4. The van der Waals surface area contributed by atoms with Crippen molar-refractivity contribution in [2.45, 2.75) is 11.8 Å². The van der Waals surface area contributed by atoms with Crippen molar-refractivity contribution >= 4 is 38.3 Å². The smallest absolute Gasteiger partial charge is 0.243 e. The van der Waals surface area contributed by atoms with Crippen molar-refractivity contribution < 1.29 is 8.42 Å². The van der Waals surface area contributed by atoms with Crippen LogP contribution in [0.3, 0.4) is 0 Å². The van der Waals surface area contributed by atoms with Gasteiger partial charge in [-0.15, -0.1) is 0 Å². The molecule has 0 atom stereocenters. The summed E-state index contributed by atoms with van der Waals surface area (Å²) < 4.78 is 28.0. The fourth-order valence-electron chi connectivity index (χ4n) is 2.77. The highest BCUT2D eigenvalue weighted by Gasteiger charge is 2.28. The topological polar surface area (TPSA) is 40.6 Å². The van der Waals surface area contributed by atoms with E-state index in [9.17, 15) is 8.42 Å². The fraction of sp³-hybridized carbons (Fsp3) is 0.294. The molecule has 0 bridgehead atoms. The van der Waals surface area contributed by atoms with E-state index < -0.39 is 10.0 Å². The molecule has 0 aromatic heterocycles. The molecule has 1 fully saturated rings. The van der Waals surface area contributed by atoms with Gasteiger partial charge >= 0.3 is 0 Å². The maximum absolute atomic E-state index is 12.7. The minimum atomic E-state index is -3.39. The number of nitrogens with zero attached hydrogens (tertiary/aromatic N) is 2. The van der Waals surface area contributed by atoms with E-state index in [-0.39, 0.29) is 0 Å². The average Bonchev–Trinajstić information content (AvgIpc) is 2.55. The largest absolute Gasteiger partial charge is 0.369 e. The van der Waals surface area contributed by atoms with Gasteiger partial charge in [-0.25, -0.2) is 8.42 Å². The number of aryl methyl sites for hydroxylation is 1. The van der Waals surface area contributed by atoms with Crippen LogP contribution in [-0.4, -0.2) is 38.9 Å². The zero-order valence-electron chi connectivity index (χ0n) is 12.9. The minimum absolute atomic E-state index is 0.377. The van der Waals surface area contributed by atoms with Crippen molar-refractivity contribution in [3.8, 4) is 0 Å². The monoisotopic (exact) mass is 442 g/mol. The van der Waals surface area contributed by atoms with Crippen LogP contribution in [-0.2, 0) is 10.0 Å². The van der Waals surface area contributed by atoms with Crippen LogP contribution in [0.25, 0.3) is 0 Å². The third-order valence-electron chi connectivity index (χ3n) is 4.06. The number of rotatable bonds is 3. The molecule has 2 aromatic carbocycles. The maximum Gasteiger partial charge on any atom is 0.243 e. The van der Waals surface area contributed by atoms with Crippen LogP contribution in [0.15, 0.2) is 53.4 Å². The Balaban J connectivity index is 1.72. The van der Waals surface area contributed by atoms with Crippen molar-refractivity contribution in [2.24, 2.45) is 0 Å². The summed E-state index contributed by atoms with van der Waals surface area (Å²) in [6.45, 7) is 4.53. The predicted molar refractivity (Wildman–Crippen MR) is 101 cm³/mol. The minimum Gasteiger partial charge on any atom is -0.369 e. The first-order valence-corrected chi connectivity index (χ1v) is 10.1. The van der Waals surface area contributed by atoms with E-state index in [4.69, 9.17) is 0 Å². The molecule has 1 aliphatic heterocycles. The Kier molecular flexibility index (Phi) is 4.93. The second-order valence-corrected chi connectivity index (χ2v) is 8.87. The van der Waals surface area contributed by atoms with Gasteiger partial charge in [-0.05, 0) is 71.5 Å². The third kappa shape index (κ3) is 3.70. The molecule has 23 heavy (non-hydrogen) atoms. The summed E-state index contributed by atoms with van der Waals surface area (Å²) in [4.78, 5) is 2.62. The predicted octanol–water partition coefficient (Wildman–Crippen LogP) is 3.11. The van der Waals surface area contributed by atoms with Gasteiger partial charge in [0.15, 0.2) is 0 Å². The molecule has 0 unspecified atom stereocenters. The Morgan fingerprint density at radius 2 is 1.61 bits per heavy atom. The first-order valence-electron chi connectivity index (χ1n) is 7.54. The maximum atomic E-state index is 12.7. The third-order valence-corrected chi connectivity index (χ3v) is 6.69. The molecular formula is C17H19IN2O2S. The molecule has 4 nitrogen and oxygen atoms in total. The lowest BCUT2D eigenvalue weighted by molar-refractivity contribution is 0.385. The van der Waals surface area contributed by atoms with Crippen molar-refractivity contribution in [1.82, 2.24) is 4.31 Å². The Morgan fingerprint density at radius 3 is 2.22 bits per heavy atom. The lowest BCUT2D eigenvalue weighted by atomic mass is 10.2. The number of hydrogen-bond acceptors (Lipinski definition) is 3. The summed E-state index contributed by atoms with van der Waals surface area (Å²) in [5.74, 6) is 0. The lowest BCUT2D eigenvalue weighted by Gasteiger charge is -2.35. The summed E-state index contributed by atoms with van der Waals surface area (Å²) in [5, 5.41) is 0. The molecular weight excluding hydrogens is 423 g/mol. The second kappa shape index (κ2) is 6.78. The van der Waals surface area contributed by atoms with E-state index in [1.807, 2.05) is 18.2 Å². The van der Waals surface area contributed by atoms with Crippen molar-refractivity contribution in [1.29, 1.82) is 0 Å². The van der Waals surface area contributed by atoms with Crippen molar-refractivity contribution in [3.05, 3.63) is 57.7 Å². The van der Waals surface area contributed by atoms with Crippen LogP contribution in [0.5, 0.6) is 0 Å². The van der Waals surface area contributed by atoms with E-state index in [1.54, 1.807) is 16.4 Å². The van der Waals surface area contributed by atoms with Crippen LogP contribution in [0, 0.1) is 10.5 Å². The highest BCUT2D eigenvalue weighted by molar-refractivity contribution is 14.1. The molecule has 1 heterocycles. The normalized spacial score (nSPS) is 16.5. The lowest BCUT2D eigenvalue weighted by Crippen LogP contribution is -2.48. The zero-order valence-corrected chi connectivity index (χ0v) is 15.9. The highest BCUT2D eigenvalue weighted by Crippen LogP contribution is 2.22. The number of piperazine rings is 1. The molecule has 122 valence electrons. The molecule has 3 rings (SSSR count). The van der Waals surface area contributed by atoms with E-state index in [2.05, 4.69) is 52.6 Å². The second-order valence-electron chi connectivity index (χ2n) is 5.68. The molecule has 0 saturated carbocycles. The Hall–Kier alpha value is -1.12. The van der Waals surface area contributed by atoms with Gasteiger partial charge in [0.2, 0.25) is 10.0 Å². The van der Waals surface area contributed by atoms with E-state index in [0.29, 0.717) is 31.1 Å². The summed E-state index contributed by atoms with van der Waals surface area (Å²) in [7, 11) is -3.39. The first kappa shape index (κ1) is 16.7. The first-order chi connectivity index (χ1) is 11.0. The van der Waals surface area contributed by atoms with Gasteiger partial charge in [0.1, 0.15) is 0 Å². The van der Waals surface area contributed by atoms with Crippen molar-refractivity contribution in [2.75, 3.05) is 31.1 Å². The number of hydrogen-bond donors (Lipinski definition) is 0. The van der Waals surface area contributed by atoms with Crippen LogP contribution >= 0.6 is 22.6 Å². The van der Waals surface area contributed by atoms with E-state index in [0.717, 1.165) is 9.26 Å². The molecule has 0 spiro atoms. The standard InChI is InChI=1S/C17H19IN2O2S/c1-14-3-2-4-16(13-14)19-9-11-20(12-10-19)23(21,22)17-7-5-15(18)6-8-17/h2-8,13H,9-12H2,1H3. The van der Waals surface area contributed by atoms with Crippen LogP contribution in [0.1, 0.15) is 5.56 Å². The molecule has 1 aliphatic rings. The van der Waals surface area contributed by atoms with Gasteiger partial charge in [0.05, 0.1) is 4.90 Å². The highest BCUT2D eigenvalue weighted by atomic mass is 127. The number of anilines is 1.